The second-order valence-corrected chi connectivity index (χ2v) is 5.54. The summed E-state index contributed by atoms with van der Waals surface area (Å²) < 4.78 is 1.57. The third-order valence-corrected chi connectivity index (χ3v) is 3.73. The van der Waals surface area contributed by atoms with Crippen molar-refractivity contribution in [2.45, 2.75) is 13.0 Å². The largest absolute Gasteiger partial charge is 0.396 e. The van der Waals surface area contributed by atoms with E-state index < -0.39 is 0 Å². The van der Waals surface area contributed by atoms with E-state index in [2.05, 4.69) is 15.3 Å². The highest BCUT2D eigenvalue weighted by Gasteiger charge is 2.19. The number of aromatic nitrogens is 4. The normalized spacial score (nSPS) is 10.6. The molecule has 0 unspecified atom stereocenters. The molecule has 1 aromatic carbocycles. The molecule has 25 heavy (non-hydrogen) atoms. The average molecular weight is 337 g/mol. The van der Waals surface area contributed by atoms with Gasteiger partial charge in [0.25, 0.3) is 5.91 Å². The summed E-state index contributed by atoms with van der Waals surface area (Å²) in [5.41, 5.74) is 2.08. The Bertz CT molecular complexity index is 805. The zero-order valence-electron chi connectivity index (χ0n) is 13.7. The van der Waals surface area contributed by atoms with Crippen LogP contribution in [-0.2, 0) is 6.54 Å². The number of carbonyl (C=O) groups is 1. The van der Waals surface area contributed by atoms with Crippen LogP contribution in [0, 0.1) is 0 Å². The fourth-order valence-corrected chi connectivity index (χ4v) is 2.45. The molecule has 0 aliphatic carbocycles. The van der Waals surface area contributed by atoms with E-state index in [9.17, 15) is 4.79 Å². The first-order chi connectivity index (χ1) is 12.3. The molecule has 3 rings (SSSR count). The van der Waals surface area contributed by atoms with Gasteiger partial charge in [0.2, 0.25) is 0 Å². The average Bonchev–Trinajstić information content (AvgIpc) is 3.16. The lowest BCUT2D eigenvalue weighted by Crippen LogP contribution is -2.32. The molecular weight excluding hydrogens is 318 g/mol. The quantitative estimate of drug-likeness (QED) is 0.709. The Morgan fingerprint density at radius 2 is 1.88 bits per heavy atom. The lowest BCUT2D eigenvalue weighted by Gasteiger charge is -2.21. The number of para-hydroxylation sites is 1. The van der Waals surface area contributed by atoms with Gasteiger partial charge in [0, 0.05) is 32.1 Å². The Morgan fingerprint density at radius 1 is 1.12 bits per heavy atom. The van der Waals surface area contributed by atoms with Crippen molar-refractivity contribution in [1.82, 2.24) is 24.9 Å². The molecular formula is C18H19N5O2. The summed E-state index contributed by atoms with van der Waals surface area (Å²) in [6, 6.07) is 13.2. The fraction of sp³-hybridized carbons (Fsp3) is 0.222. The number of rotatable bonds is 7. The van der Waals surface area contributed by atoms with Gasteiger partial charge in [-0.25, -0.2) is 4.68 Å². The molecule has 2 aromatic heterocycles. The summed E-state index contributed by atoms with van der Waals surface area (Å²) in [4.78, 5) is 18.5. The molecule has 0 spiro atoms. The first kappa shape index (κ1) is 16.8. The van der Waals surface area contributed by atoms with Crippen LogP contribution in [0.25, 0.3) is 5.69 Å². The minimum atomic E-state index is -0.215. The van der Waals surface area contributed by atoms with Crippen LogP contribution in [0.1, 0.15) is 22.5 Å². The van der Waals surface area contributed by atoms with Gasteiger partial charge >= 0.3 is 0 Å². The van der Waals surface area contributed by atoms with Gasteiger partial charge in [-0.05, 0) is 36.2 Å². The molecule has 0 bridgehead atoms. The van der Waals surface area contributed by atoms with Crippen molar-refractivity contribution < 1.29 is 9.90 Å². The Balaban J connectivity index is 1.78. The van der Waals surface area contributed by atoms with Crippen LogP contribution >= 0.6 is 0 Å². The van der Waals surface area contributed by atoms with Gasteiger partial charge in [-0.2, -0.15) is 0 Å². The summed E-state index contributed by atoms with van der Waals surface area (Å²) in [5.74, 6) is -0.215. The number of pyridine rings is 1. The molecule has 3 aromatic rings. The Morgan fingerprint density at radius 3 is 2.60 bits per heavy atom. The van der Waals surface area contributed by atoms with E-state index in [4.69, 9.17) is 5.11 Å². The topological polar surface area (TPSA) is 84.1 Å². The zero-order chi connectivity index (χ0) is 17.5. The van der Waals surface area contributed by atoms with Crippen molar-refractivity contribution in [2.75, 3.05) is 13.2 Å². The van der Waals surface area contributed by atoms with Crippen molar-refractivity contribution in [3.05, 3.63) is 72.3 Å². The maximum absolute atomic E-state index is 12.8. The first-order valence-corrected chi connectivity index (χ1v) is 8.05. The second-order valence-electron chi connectivity index (χ2n) is 5.54. The summed E-state index contributed by atoms with van der Waals surface area (Å²) in [6.07, 6.45) is 5.51. The van der Waals surface area contributed by atoms with Gasteiger partial charge in [-0.1, -0.05) is 23.4 Å². The molecule has 2 heterocycles. The van der Waals surface area contributed by atoms with Gasteiger partial charge < -0.3 is 10.0 Å². The van der Waals surface area contributed by atoms with E-state index in [1.807, 2.05) is 42.5 Å². The summed E-state index contributed by atoms with van der Waals surface area (Å²) in [6.45, 7) is 0.895. The minimum Gasteiger partial charge on any atom is -0.396 e. The van der Waals surface area contributed by atoms with E-state index in [1.54, 1.807) is 28.2 Å². The SMILES string of the molecule is O=C(c1cn(-c2ccccc2)nn1)N(CCCO)Cc1ccncc1. The Kier molecular flexibility index (Phi) is 5.48. The second kappa shape index (κ2) is 8.16. The van der Waals surface area contributed by atoms with Crippen molar-refractivity contribution in [2.24, 2.45) is 0 Å². The monoisotopic (exact) mass is 337 g/mol. The highest BCUT2D eigenvalue weighted by molar-refractivity contribution is 5.92. The van der Waals surface area contributed by atoms with Gasteiger partial charge in [0.15, 0.2) is 5.69 Å². The van der Waals surface area contributed by atoms with Crippen molar-refractivity contribution in [3.63, 3.8) is 0 Å². The fourth-order valence-electron chi connectivity index (χ4n) is 2.45. The molecule has 0 aliphatic rings. The molecule has 7 nitrogen and oxygen atoms in total. The zero-order valence-corrected chi connectivity index (χ0v) is 13.7. The number of amides is 1. The van der Waals surface area contributed by atoms with Crippen LogP contribution < -0.4 is 0 Å². The standard InChI is InChI=1S/C18H19N5O2/c24-12-4-11-22(13-15-7-9-19-10-8-15)18(25)17-14-23(21-20-17)16-5-2-1-3-6-16/h1-3,5-10,14,24H,4,11-13H2. The summed E-state index contributed by atoms with van der Waals surface area (Å²) >= 11 is 0. The first-order valence-electron chi connectivity index (χ1n) is 8.05. The number of aliphatic hydroxyl groups excluding tert-OH is 1. The third-order valence-electron chi connectivity index (χ3n) is 3.73. The van der Waals surface area contributed by atoms with E-state index in [1.165, 1.54) is 0 Å². The predicted octanol–water partition coefficient (Wildman–Crippen LogP) is 1.69. The van der Waals surface area contributed by atoms with Crippen molar-refractivity contribution in [3.8, 4) is 5.69 Å². The lowest BCUT2D eigenvalue weighted by molar-refractivity contribution is 0.0726. The number of carbonyl (C=O) groups excluding carboxylic acids is 1. The van der Waals surface area contributed by atoms with Gasteiger partial charge in [0.05, 0.1) is 11.9 Å². The number of hydrogen-bond acceptors (Lipinski definition) is 5. The molecule has 0 aliphatic heterocycles. The number of aliphatic hydroxyl groups is 1. The van der Waals surface area contributed by atoms with E-state index in [0.29, 0.717) is 19.5 Å². The number of hydrogen-bond donors (Lipinski definition) is 1. The van der Waals surface area contributed by atoms with Crippen LogP contribution in [0.4, 0.5) is 0 Å². The molecule has 128 valence electrons. The van der Waals surface area contributed by atoms with Gasteiger partial charge in [-0.15, -0.1) is 5.10 Å². The molecule has 0 saturated heterocycles. The van der Waals surface area contributed by atoms with Crippen LogP contribution in [0.5, 0.6) is 0 Å². The van der Waals surface area contributed by atoms with E-state index >= 15 is 0 Å². The predicted molar refractivity (Wildman–Crippen MR) is 92.0 cm³/mol. The lowest BCUT2D eigenvalue weighted by atomic mass is 10.2. The van der Waals surface area contributed by atoms with Crippen LogP contribution in [-0.4, -0.2) is 49.0 Å². The minimum absolute atomic E-state index is 0.0246. The molecule has 0 fully saturated rings. The van der Waals surface area contributed by atoms with E-state index in [0.717, 1.165) is 11.3 Å². The Labute approximate surface area is 145 Å². The molecule has 0 saturated carbocycles. The van der Waals surface area contributed by atoms with Crippen molar-refractivity contribution in [1.29, 1.82) is 0 Å². The van der Waals surface area contributed by atoms with Gasteiger partial charge in [-0.3, -0.25) is 9.78 Å². The van der Waals surface area contributed by atoms with Crippen LogP contribution in [0.2, 0.25) is 0 Å². The third kappa shape index (κ3) is 4.27. The van der Waals surface area contributed by atoms with Crippen LogP contribution in [0.3, 0.4) is 0 Å². The molecule has 1 N–H and O–H groups in total. The molecule has 7 heteroatoms. The number of nitrogens with zero attached hydrogens (tertiary/aromatic N) is 5. The molecule has 0 atom stereocenters. The van der Waals surface area contributed by atoms with Gasteiger partial charge in [0.1, 0.15) is 0 Å². The maximum atomic E-state index is 12.8. The van der Waals surface area contributed by atoms with E-state index in [-0.39, 0.29) is 18.2 Å². The Hall–Kier alpha value is -3.06. The highest BCUT2D eigenvalue weighted by atomic mass is 16.3. The number of benzene rings is 1. The molecule has 0 radical (unpaired) electrons. The van der Waals surface area contributed by atoms with Crippen LogP contribution in [0.15, 0.2) is 61.1 Å². The maximum Gasteiger partial charge on any atom is 0.276 e. The highest BCUT2D eigenvalue weighted by Crippen LogP contribution is 2.11. The summed E-state index contributed by atoms with van der Waals surface area (Å²) in [7, 11) is 0. The van der Waals surface area contributed by atoms with Crippen molar-refractivity contribution >= 4 is 5.91 Å². The smallest absolute Gasteiger partial charge is 0.276 e. The summed E-state index contributed by atoms with van der Waals surface area (Å²) in [5, 5.41) is 17.2. The molecule has 1 amide bonds.